The molecule has 0 spiro atoms. The zero-order valence-electron chi connectivity index (χ0n) is 11.8. The standard InChI is InChI=1S/C14H23NO3S/c1-12(15-2)6-4-5-11-19(16,17)14-9-7-13(18-3)8-10-14/h7-10,12,15H,4-6,11H2,1-3H3. The van der Waals surface area contributed by atoms with Gasteiger partial charge in [-0.25, -0.2) is 8.42 Å². The number of methoxy groups -OCH3 is 1. The lowest BCUT2D eigenvalue weighted by atomic mass is 10.1. The van der Waals surface area contributed by atoms with Gasteiger partial charge in [-0.2, -0.15) is 0 Å². The molecule has 1 N–H and O–H groups in total. The Balaban J connectivity index is 2.51. The smallest absolute Gasteiger partial charge is 0.178 e. The van der Waals surface area contributed by atoms with Crippen LogP contribution in [0.4, 0.5) is 0 Å². The maximum atomic E-state index is 12.1. The van der Waals surface area contributed by atoms with Gasteiger partial charge in [0.2, 0.25) is 0 Å². The number of hydrogen-bond donors (Lipinski definition) is 1. The second-order valence-corrected chi connectivity index (χ2v) is 6.79. The topological polar surface area (TPSA) is 55.4 Å². The van der Waals surface area contributed by atoms with E-state index in [1.807, 2.05) is 7.05 Å². The lowest BCUT2D eigenvalue weighted by Gasteiger charge is -2.09. The van der Waals surface area contributed by atoms with E-state index in [1.165, 1.54) is 0 Å². The summed E-state index contributed by atoms with van der Waals surface area (Å²) in [6, 6.07) is 6.99. The van der Waals surface area contributed by atoms with E-state index in [1.54, 1.807) is 31.4 Å². The third-order valence-electron chi connectivity index (χ3n) is 3.21. The van der Waals surface area contributed by atoms with Gasteiger partial charge in [-0.15, -0.1) is 0 Å². The lowest BCUT2D eigenvalue weighted by molar-refractivity contribution is 0.414. The molecule has 0 aliphatic heterocycles. The van der Waals surface area contributed by atoms with Crippen LogP contribution in [0, 0.1) is 0 Å². The quantitative estimate of drug-likeness (QED) is 0.744. The Labute approximate surface area is 116 Å². The van der Waals surface area contributed by atoms with Crippen molar-refractivity contribution in [2.75, 3.05) is 19.9 Å². The van der Waals surface area contributed by atoms with Crippen molar-refractivity contribution in [2.24, 2.45) is 0 Å². The van der Waals surface area contributed by atoms with E-state index in [2.05, 4.69) is 12.2 Å². The van der Waals surface area contributed by atoms with Gasteiger partial charge in [0.1, 0.15) is 5.75 Å². The molecule has 0 heterocycles. The summed E-state index contributed by atoms with van der Waals surface area (Å²) in [7, 11) is 0.311. The Morgan fingerprint density at radius 1 is 1.21 bits per heavy atom. The van der Waals surface area contributed by atoms with E-state index < -0.39 is 9.84 Å². The van der Waals surface area contributed by atoms with Gasteiger partial charge >= 0.3 is 0 Å². The highest BCUT2D eigenvalue weighted by atomic mass is 32.2. The molecule has 1 rings (SSSR count). The Morgan fingerprint density at radius 3 is 2.37 bits per heavy atom. The highest BCUT2D eigenvalue weighted by Gasteiger charge is 2.14. The highest BCUT2D eigenvalue weighted by molar-refractivity contribution is 7.91. The summed E-state index contributed by atoms with van der Waals surface area (Å²) >= 11 is 0. The van der Waals surface area contributed by atoms with Crippen molar-refractivity contribution >= 4 is 9.84 Å². The van der Waals surface area contributed by atoms with Gasteiger partial charge in [0, 0.05) is 6.04 Å². The van der Waals surface area contributed by atoms with Gasteiger partial charge in [-0.1, -0.05) is 6.42 Å². The Kier molecular flexibility index (Phi) is 6.31. The lowest BCUT2D eigenvalue weighted by Crippen LogP contribution is -2.21. The monoisotopic (exact) mass is 285 g/mol. The van der Waals surface area contributed by atoms with Crippen LogP contribution in [0.2, 0.25) is 0 Å². The molecule has 0 aliphatic carbocycles. The van der Waals surface area contributed by atoms with E-state index in [0.29, 0.717) is 23.1 Å². The molecule has 1 aromatic carbocycles. The largest absolute Gasteiger partial charge is 0.497 e. The molecule has 1 atom stereocenters. The zero-order chi connectivity index (χ0) is 14.3. The maximum absolute atomic E-state index is 12.1. The third kappa shape index (κ3) is 5.20. The minimum Gasteiger partial charge on any atom is -0.497 e. The molecular formula is C14H23NO3S. The van der Waals surface area contributed by atoms with Crippen LogP contribution >= 0.6 is 0 Å². The molecule has 19 heavy (non-hydrogen) atoms. The Bertz CT molecular complexity index is 468. The van der Waals surface area contributed by atoms with Crippen LogP contribution in [-0.2, 0) is 9.84 Å². The first-order valence-corrected chi connectivity index (χ1v) is 8.19. The van der Waals surface area contributed by atoms with E-state index in [9.17, 15) is 8.42 Å². The van der Waals surface area contributed by atoms with Crippen molar-refractivity contribution in [1.82, 2.24) is 5.32 Å². The van der Waals surface area contributed by atoms with Crippen LogP contribution in [-0.4, -0.2) is 34.4 Å². The third-order valence-corrected chi connectivity index (χ3v) is 5.03. The molecule has 0 fully saturated rings. The fraction of sp³-hybridized carbons (Fsp3) is 0.571. The molecule has 4 nitrogen and oxygen atoms in total. The summed E-state index contributed by atoms with van der Waals surface area (Å²) in [5, 5.41) is 3.14. The summed E-state index contributed by atoms with van der Waals surface area (Å²) in [6.45, 7) is 2.10. The fourth-order valence-electron chi connectivity index (χ4n) is 1.79. The molecule has 0 amide bonds. The fourth-order valence-corrected chi connectivity index (χ4v) is 3.16. The highest BCUT2D eigenvalue weighted by Crippen LogP contribution is 2.17. The van der Waals surface area contributed by atoms with Crippen LogP contribution < -0.4 is 10.1 Å². The summed E-state index contributed by atoms with van der Waals surface area (Å²) < 4.78 is 29.2. The summed E-state index contributed by atoms with van der Waals surface area (Å²) in [5.74, 6) is 0.872. The predicted molar refractivity (Wildman–Crippen MR) is 77.4 cm³/mol. The molecule has 0 saturated heterocycles. The number of sulfone groups is 1. The first-order valence-electron chi connectivity index (χ1n) is 6.53. The first-order chi connectivity index (χ1) is 8.99. The number of rotatable bonds is 8. The number of ether oxygens (including phenoxy) is 1. The number of hydrogen-bond acceptors (Lipinski definition) is 4. The summed E-state index contributed by atoms with van der Waals surface area (Å²) in [6.07, 6.45) is 2.60. The number of nitrogens with one attached hydrogen (secondary N) is 1. The normalized spacial score (nSPS) is 13.2. The molecule has 0 aliphatic rings. The van der Waals surface area contributed by atoms with Crippen molar-refractivity contribution in [3.8, 4) is 5.75 Å². The van der Waals surface area contributed by atoms with Gasteiger partial charge in [0.25, 0.3) is 0 Å². The Hall–Kier alpha value is -1.07. The van der Waals surface area contributed by atoms with Gasteiger partial charge in [-0.05, 0) is 51.1 Å². The SMILES string of the molecule is CNC(C)CCCCS(=O)(=O)c1ccc(OC)cc1. The molecule has 0 bridgehead atoms. The molecule has 0 radical (unpaired) electrons. The molecule has 108 valence electrons. The molecule has 0 saturated carbocycles. The summed E-state index contributed by atoms with van der Waals surface area (Å²) in [5.41, 5.74) is 0. The van der Waals surface area contributed by atoms with Crippen LogP contribution in [0.15, 0.2) is 29.2 Å². The summed E-state index contributed by atoms with van der Waals surface area (Å²) in [4.78, 5) is 0.370. The van der Waals surface area contributed by atoms with Crippen LogP contribution in [0.25, 0.3) is 0 Å². The van der Waals surface area contributed by atoms with Gasteiger partial charge in [0.05, 0.1) is 17.8 Å². The molecule has 5 heteroatoms. The molecule has 0 aromatic heterocycles. The average molecular weight is 285 g/mol. The van der Waals surface area contributed by atoms with E-state index in [-0.39, 0.29) is 5.75 Å². The van der Waals surface area contributed by atoms with Crippen molar-refractivity contribution in [3.05, 3.63) is 24.3 Å². The van der Waals surface area contributed by atoms with Crippen molar-refractivity contribution in [2.45, 2.75) is 37.1 Å². The van der Waals surface area contributed by atoms with Gasteiger partial charge in [-0.3, -0.25) is 0 Å². The minimum absolute atomic E-state index is 0.204. The number of benzene rings is 1. The van der Waals surface area contributed by atoms with Crippen molar-refractivity contribution in [3.63, 3.8) is 0 Å². The first kappa shape index (κ1) is 16.0. The molecule has 1 unspecified atom stereocenters. The van der Waals surface area contributed by atoms with Crippen molar-refractivity contribution in [1.29, 1.82) is 0 Å². The van der Waals surface area contributed by atoms with Gasteiger partial charge < -0.3 is 10.1 Å². The molecular weight excluding hydrogens is 262 g/mol. The van der Waals surface area contributed by atoms with E-state index in [4.69, 9.17) is 4.74 Å². The van der Waals surface area contributed by atoms with Crippen molar-refractivity contribution < 1.29 is 13.2 Å². The Morgan fingerprint density at radius 2 is 1.84 bits per heavy atom. The predicted octanol–water partition coefficient (Wildman–Crippen LogP) is 2.25. The van der Waals surface area contributed by atoms with Crippen LogP contribution in [0.3, 0.4) is 0 Å². The van der Waals surface area contributed by atoms with E-state index in [0.717, 1.165) is 12.8 Å². The van der Waals surface area contributed by atoms with Gasteiger partial charge in [0.15, 0.2) is 9.84 Å². The van der Waals surface area contributed by atoms with E-state index >= 15 is 0 Å². The minimum atomic E-state index is -3.17. The van der Waals surface area contributed by atoms with Crippen LogP contribution in [0.1, 0.15) is 26.2 Å². The second-order valence-electron chi connectivity index (χ2n) is 4.68. The number of unbranched alkanes of at least 4 members (excludes halogenated alkanes) is 1. The second kappa shape index (κ2) is 7.50. The average Bonchev–Trinajstić information content (AvgIpc) is 2.43. The van der Waals surface area contributed by atoms with Crippen LogP contribution in [0.5, 0.6) is 5.75 Å². The molecule has 1 aromatic rings. The maximum Gasteiger partial charge on any atom is 0.178 e. The zero-order valence-corrected chi connectivity index (χ0v) is 12.7.